The number of piperidine rings is 1. The van der Waals surface area contributed by atoms with Crippen LogP contribution in [0.2, 0.25) is 0 Å². The van der Waals surface area contributed by atoms with Crippen molar-refractivity contribution >= 4 is 22.9 Å². The van der Waals surface area contributed by atoms with E-state index in [1.807, 2.05) is 4.90 Å². The third-order valence-electron chi connectivity index (χ3n) is 3.47. The molecule has 2 rings (SSSR count). The van der Waals surface area contributed by atoms with Crippen LogP contribution in [0.5, 0.6) is 0 Å². The van der Waals surface area contributed by atoms with Crippen LogP contribution in [-0.4, -0.2) is 47.5 Å². The molecule has 0 aromatic heterocycles. The number of thioether (sulfide) groups is 1. The van der Waals surface area contributed by atoms with E-state index in [2.05, 4.69) is 5.32 Å². The molecular formula is C11H19N3O2S. The SMILES string of the molecule is NCCC1CCN(C(=O)C2CSC(=O)N2)CC1. The van der Waals surface area contributed by atoms with E-state index in [0.717, 1.165) is 38.9 Å². The Morgan fingerprint density at radius 1 is 1.47 bits per heavy atom. The molecule has 1 unspecified atom stereocenters. The topological polar surface area (TPSA) is 75.4 Å². The zero-order valence-corrected chi connectivity index (χ0v) is 10.7. The molecule has 0 saturated carbocycles. The Balaban J connectivity index is 1.80. The van der Waals surface area contributed by atoms with Gasteiger partial charge in [0, 0.05) is 18.8 Å². The molecule has 1 atom stereocenters. The Morgan fingerprint density at radius 2 is 2.18 bits per heavy atom. The molecule has 0 aliphatic carbocycles. The van der Waals surface area contributed by atoms with Gasteiger partial charge in [0.25, 0.3) is 5.24 Å². The molecule has 2 amide bonds. The summed E-state index contributed by atoms with van der Waals surface area (Å²) in [6, 6.07) is -0.307. The van der Waals surface area contributed by atoms with Crippen LogP contribution >= 0.6 is 11.8 Å². The Morgan fingerprint density at radius 3 is 2.71 bits per heavy atom. The molecule has 2 aliphatic heterocycles. The van der Waals surface area contributed by atoms with Gasteiger partial charge in [-0.25, -0.2) is 0 Å². The zero-order chi connectivity index (χ0) is 12.3. The molecule has 3 N–H and O–H groups in total. The van der Waals surface area contributed by atoms with E-state index >= 15 is 0 Å². The first-order valence-corrected chi connectivity index (χ1v) is 7.11. The Kier molecular flexibility index (Phi) is 4.28. The normalized spacial score (nSPS) is 26.1. The predicted molar refractivity (Wildman–Crippen MR) is 67.8 cm³/mol. The maximum atomic E-state index is 12.1. The number of carbonyl (C=O) groups excluding carboxylic acids is 2. The van der Waals surface area contributed by atoms with E-state index in [-0.39, 0.29) is 17.2 Å². The highest BCUT2D eigenvalue weighted by atomic mass is 32.2. The van der Waals surface area contributed by atoms with Gasteiger partial charge in [-0.2, -0.15) is 0 Å². The second kappa shape index (κ2) is 5.73. The summed E-state index contributed by atoms with van der Waals surface area (Å²) < 4.78 is 0. The lowest BCUT2D eigenvalue weighted by Gasteiger charge is -2.33. The van der Waals surface area contributed by atoms with E-state index in [4.69, 9.17) is 5.73 Å². The zero-order valence-electron chi connectivity index (χ0n) is 9.85. The fourth-order valence-corrected chi connectivity index (χ4v) is 3.19. The van der Waals surface area contributed by atoms with E-state index in [1.165, 1.54) is 11.8 Å². The van der Waals surface area contributed by atoms with Gasteiger partial charge in [-0.3, -0.25) is 9.59 Å². The van der Waals surface area contributed by atoms with Crippen molar-refractivity contribution in [3.8, 4) is 0 Å². The van der Waals surface area contributed by atoms with Gasteiger partial charge in [0.1, 0.15) is 6.04 Å². The summed E-state index contributed by atoms with van der Waals surface area (Å²) in [4.78, 5) is 25.0. The van der Waals surface area contributed by atoms with Crippen LogP contribution in [0.1, 0.15) is 19.3 Å². The van der Waals surface area contributed by atoms with Crippen LogP contribution in [0.15, 0.2) is 0 Å². The van der Waals surface area contributed by atoms with E-state index < -0.39 is 0 Å². The highest BCUT2D eigenvalue weighted by Crippen LogP contribution is 2.22. The number of nitrogens with one attached hydrogen (secondary N) is 1. The van der Waals surface area contributed by atoms with Crippen molar-refractivity contribution in [2.24, 2.45) is 11.7 Å². The van der Waals surface area contributed by atoms with Crippen molar-refractivity contribution < 1.29 is 9.59 Å². The van der Waals surface area contributed by atoms with Gasteiger partial charge in [-0.1, -0.05) is 11.8 Å². The van der Waals surface area contributed by atoms with Crippen molar-refractivity contribution in [2.75, 3.05) is 25.4 Å². The van der Waals surface area contributed by atoms with Crippen LogP contribution in [0.3, 0.4) is 0 Å². The molecule has 6 heteroatoms. The molecule has 0 radical (unpaired) electrons. The van der Waals surface area contributed by atoms with Crippen LogP contribution in [-0.2, 0) is 4.79 Å². The average molecular weight is 257 g/mol. The fourth-order valence-electron chi connectivity index (χ4n) is 2.42. The van der Waals surface area contributed by atoms with E-state index in [9.17, 15) is 9.59 Å². The van der Waals surface area contributed by atoms with E-state index in [1.54, 1.807) is 0 Å². The molecule has 5 nitrogen and oxygen atoms in total. The number of carbonyl (C=O) groups is 2. The van der Waals surface area contributed by atoms with Gasteiger partial charge in [0.05, 0.1) is 0 Å². The number of hydrogen-bond acceptors (Lipinski definition) is 4. The van der Waals surface area contributed by atoms with Crippen molar-refractivity contribution in [3.05, 3.63) is 0 Å². The molecule has 2 saturated heterocycles. The molecule has 2 heterocycles. The van der Waals surface area contributed by atoms with Gasteiger partial charge >= 0.3 is 0 Å². The number of nitrogens with zero attached hydrogens (tertiary/aromatic N) is 1. The number of nitrogens with two attached hydrogens (primary N) is 1. The molecule has 17 heavy (non-hydrogen) atoms. The number of rotatable bonds is 3. The average Bonchev–Trinajstić information content (AvgIpc) is 2.76. The van der Waals surface area contributed by atoms with Gasteiger partial charge in [0.15, 0.2) is 0 Å². The minimum atomic E-state index is -0.307. The highest BCUT2D eigenvalue weighted by Gasteiger charge is 2.32. The second-order valence-corrected chi connectivity index (χ2v) is 5.63. The molecule has 0 spiro atoms. The fraction of sp³-hybridized carbons (Fsp3) is 0.818. The summed E-state index contributed by atoms with van der Waals surface area (Å²) >= 11 is 1.19. The third-order valence-corrected chi connectivity index (χ3v) is 4.35. The van der Waals surface area contributed by atoms with Crippen molar-refractivity contribution in [3.63, 3.8) is 0 Å². The summed E-state index contributed by atoms with van der Waals surface area (Å²) in [5.41, 5.74) is 5.54. The van der Waals surface area contributed by atoms with Crippen LogP contribution < -0.4 is 11.1 Å². The molecular weight excluding hydrogens is 238 g/mol. The standard InChI is InChI=1S/C11H19N3O2S/c12-4-1-8-2-5-14(6-3-8)10(15)9-7-17-11(16)13-9/h8-9H,1-7,12H2,(H,13,16). The van der Waals surface area contributed by atoms with Gasteiger partial charge in [-0.15, -0.1) is 0 Å². The van der Waals surface area contributed by atoms with Crippen molar-refractivity contribution in [2.45, 2.75) is 25.3 Å². The van der Waals surface area contributed by atoms with Crippen molar-refractivity contribution in [1.29, 1.82) is 0 Å². The Bertz CT molecular complexity index is 303. The second-order valence-electron chi connectivity index (χ2n) is 4.64. The molecule has 0 aromatic rings. The lowest BCUT2D eigenvalue weighted by atomic mass is 9.93. The van der Waals surface area contributed by atoms with Gasteiger partial charge in [0.2, 0.25) is 5.91 Å². The minimum absolute atomic E-state index is 0.0783. The quantitative estimate of drug-likeness (QED) is 0.767. The predicted octanol–water partition coefficient (Wildman–Crippen LogP) is 0.399. The maximum absolute atomic E-state index is 12.1. The molecule has 0 bridgehead atoms. The van der Waals surface area contributed by atoms with Gasteiger partial charge in [-0.05, 0) is 31.7 Å². The summed E-state index contributed by atoms with van der Waals surface area (Å²) in [6.07, 6.45) is 3.13. The smallest absolute Gasteiger partial charge is 0.279 e. The largest absolute Gasteiger partial charge is 0.341 e. The molecule has 96 valence electrons. The lowest BCUT2D eigenvalue weighted by molar-refractivity contribution is -0.133. The number of hydrogen-bond donors (Lipinski definition) is 2. The van der Waals surface area contributed by atoms with E-state index in [0.29, 0.717) is 11.7 Å². The number of amides is 2. The Labute approximate surface area is 105 Å². The first-order chi connectivity index (χ1) is 8.20. The molecule has 2 fully saturated rings. The minimum Gasteiger partial charge on any atom is -0.341 e. The van der Waals surface area contributed by atoms with Crippen LogP contribution in [0.4, 0.5) is 4.79 Å². The van der Waals surface area contributed by atoms with Gasteiger partial charge < -0.3 is 16.0 Å². The molecule has 2 aliphatic rings. The summed E-state index contributed by atoms with van der Waals surface area (Å²) in [6.45, 7) is 2.34. The van der Waals surface area contributed by atoms with Crippen LogP contribution in [0.25, 0.3) is 0 Å². The number of likely N-dealkylation sites (tertiary alicyclic amines) is 1. The summed E-state index contributed by atoms with van der Waals surface area (Å²) in [5, 5.41) is 2.62. The van der Waals surface area contributed by atoms with Crippen LogP contribution in [0, 0.1) is 5.92 Å². The molecule has 0 aromatic carbocycles. The maximum Gasteiger partial charge on any atom is 0.279 e. The lowest BCUT2D eigenvalue weighted by Crippen LogP contribution is -2.48. The third kappa shape index (κ3) is 3.13. The Hall–Kier alpha value is -0.750. The first-order valence-electron chi connectivity index (χ1n) is 6.13. The first kappa shape index (κ1) is 12.7. The van der Waals surface area contributed by atoms with Crippen molar-refractivity contribution in [1.82, 2.24) is 10.2 Å². The highest BCUT2D eigenvalue weighted by molar-refractivity contribution is 8.14. The summed E-state index contributed by atoms with van der Waals surface area (Å²) in [5.74, 6) is 1.31. The summed E-state index contributed by atoms with van der Waals surface area (Å²) in [7, 11) is 0. The monoisotopic (exact) mass is 257 g/mol.